The fraction of sp³-hybridized carbons (Fsp3) is 0.250. The Morgan fingerprint density at radius 1 is 1.27 bits per heavy atom. The van der Waals surface area contributed by atoms with Crippen LogP contribution >= 0.6 is 11.6 Å². The fourth-order valence-electron chi connectivity index (χ4n) is 5.07. The number of nitrogens with two attached hydrogens (primary N) is 2. The van der Waals surface area contributed by atoms with Gasteiger partial charge in [-0.15, -0.1) is 0 Å². The van der Waals surface area contributed by atoms with Crippen LogP contribution in [0.15, 0.2) is 54.7 Å². The third-order valence-electron chi connectivity index (χ3n) is 6.90. The lowest BCUT2D eigenvalue weighted by Gasteiger charge is -2.22. The molecule has 2 unspecified atom stereocenters. The van der Waals surface area contributed by atoms with E-state index in [0.29, 0.717) is 35.9 Å². The first kappa shape index (κ1) is 28.5. The van der Waals surface area contributed by atoms with Crippen LogP contribution in [-0.2, 0) is 16.0 Å². The van der Waals surface area contributed by atoms with Gasteiger partial charge >= 0.3 is 6.09 Å². The summed E-state index contributed by atoms with van der Waals surface area (Å²) < 4.78 is 45.8. The molecule has 214 valence electrons. The number of para-hydroxylation sites is 1. The molecule has 0 aliphatic heterocycles. The molecule has 0 radical (unpaired) electrons. The highest BCUT2D eigenvalue weighted by Crippen LogP contribution is 2.41. The molecule has 0 spiro atoms. The van der Waals surface area contributed by atoms with E-state index in [0.717, 1.165) is 21.0 Å². The highest BCUT2D eigenvalue weighted by Gasteiger charge is 2.27. The number of fused-ring (bicyclic) bond motifs is 1. The molecule has 5 rings (SSSR count). The molecule has 2 aromatic carbocycles. The summed E-state index contributed by atoms with van der Waals surface area (Å²) in [7, 11) is 0. The first-order valence-electron chi connectivity index (χ1n) is 12.8. The average molecular weight is 599 g/mol. The van der Waals surface area contributed by atoms with E-state index in [9.17, 15) is 13.6 Å². The summed E-state index contributed by atoms with van der Waals surface area (Å²) in [5, 5.41) is 5.58. The van der Waals surface area contributed by atoms with Gasteiger partial charge in [-0.25, -0.2) is 22.7 Å². The van der Waals surface area contributed by atoms with Crippen molar-refractivity contribution in [3.8, 4) is 11.3 Å². The number of halogens is 2. The molecule has 13 heteroatoms. The third-order valence-corrected chi connectivity index (χ3v) is 7.93. The van der Waals surface area contributed by atoms with Crippen LogP contribution < -0.4 is 15.8 Å². The summed E-state index contributed by atoms with van der Waals surface area (Å²) in [5.74, 6) is -0.522. The zero-order chi connectivity index (χ0) is 29.4. The number of benzene rings is 2. The van der Waals surface area contributed by atoms with Crippen LogP contribution in [0.2, 0.25) is 5.02 Å². The third kappa shape index (κ3) is 5.50. The molecule has 5 N–H and O–H groups in total. The molecule has 10 nitrogen and oxygen atoms in total. The second kappa shape index (κ2) is 11.5. The van der Waals surface area contributed by atoms with Gasteiger partial charge in [-0.3, -0.25) is 9.23 Å². The summed E-state index contributed by atoms with van der Waals surface area (Å²) in [4.78, 5) is 15.6. The zero-order valence-corrected chi connectivity index (χ0v) is 23.8. The maximum atomic E-state index is 15.7. The van der Waals surface area contributed by atoms with Crippen LogP contribution in [0.3, 0.4) is 0 Å². The second-order valence-electron chi connectivity index (χ2n) is 9.87. The monoisotopic (exact) mass is 598 g/mol. The summed E-state index contributed by atoms with van der Waals surface area (Å²) in [6.07, 6.45) is 4.33. The molecule has 1 amide bonds. The number of anilines is 3. The van der Waals surface area contributed by atoms with Gasteiger partial charge in [-0.1, -0.05) is 35.9 Å². The number of ether oxygens (including phenoxy) is 1. The van der Waals surface area contributed by atoms with E-state index >= 15 is 4.39 Å². The van der Waals surface area contributed by atoms with Crippen molar-refractivity contribution >= 4 is 62.6 Å². The highest BCUT2D eigenvalue weighted by molar-refractivity contribution is 7.81. The molecule has 0 bridgehead atoms. The minimum absolute atomic E-state index is 0.0708. The maximum Gasteiger partial charge on any atom is 0.404 e. The van der Waals surface area contributed by atoms with Crippen LogP contribution in [0.1, 0.15) is 44.7 Å². The second-order valence-corrected chi connectivity index (χ2v) is 11.1. The predicted molar refractivity (Wildman–Crippen MR) is 158 cm³/mol. The van der Waals surface area contributed by atoms with Crippen molar-refractivity contribution in [3.05, 3.63) is 71.1 Å². The van der Waals surface area contributed by atoms with E-state index in [4.69, 9.17) is 32.9 Å². The number of carbonyl (C=O) groups excluding carboxylic acids is 1. The van der Waals surface area contributed by atoms with Gasteiger partial charge in [0.05, 0.1) is 27.3 Å². The lowest BCUT2D eigenvalue weighted by Crippen LogP contribution is -2.24. The Morgan fingerprint density at radius 3 is 2.63 bits per heavy atom. The molecule has 1 aliphatic rings. The number of rotatable bonds is 7. The molecule has 41 heavy (non-hydrogen) atoms. The lowest BCUT2D eigenvalue weighted by atomic mass is 9.91. The molecule has 0 saturated carbocycles. The topological polar surface area (TPSA) is 150 Å². The number of pyridine rings is 1. The lowest BCUT2D eigenvalue weighted by molar-refractivity contribution is 0.102. The highest BCUT2D eigenvalue weighted by atomic mass is 35.5. The van der Waals surface area contributed by atoms with Crippen molar-refractivity contribution in [1.29, 1.82) is 0 Å². The average Bonchev–Trinajstić information content (AvgIpc) is 3.33. The number of aromatic nitrogens is 3. The molecule has 0 fully saturated rings. The van der Waals surface area contributed by atoms with Crippen molar-refractivity contribution in [2.24, 2.45) is 5.73 Å². The van der Waals surface area contributed by atoms with Crippen LogP contribution in [-0.4, -0.2) is 35.7 Å². The standard InChI is InChI=1S/C28H28ClFN6O4S/c1-15(2)35-26-19(16-7-10-18(11-8-16)40-28(32)37)14-33-27(31)24(26)25(34-35)17-9-12-23(21(30)13-17)36(41(38)39)22-6-4-3-5-20(22)29/h3-7,9,12-15,18H,8,10-11H2,1-2H3,(H2,31,33)(H2,32,37)(H,38,39). The molecule has 0 saturated heterocycles. The van der Waals surface area contributed by atoms with E-state index in [1.165, 1.54) is 18.2 Å². The van der Waals surface area contributed by atoms with Gasteiger partial charge < -0.3 is 16.2 Å². The van der Waals surface area contributed by atoms with Gasteiger partial charge in [-0.05, 0) is 56.5 Å². The van der Waals surface area contributed by atoms with E-state index in [1.54, 1.807) is 30.5 Å². The molecule has 2 heterocycles. The first-order chi connectivity index (χ1) is 19.6. The van der Waals surface area contributed by atoms with Gasteiger partial charge in [-0.2, -0.15) is 5.10 Å². The Balaban J connectivity index is 1.62. The van der Waals surface area contributed by atoms with Gasteiger partial charge in [0.1, 0.15) is 23.4 Å². The summed E-state index contributed by atoms with van der Waals surface area (Å²) in [6.45, 7) is 3.95. The van der Waals surface area contributed by atoms with Crippen LogP contribution in [0, 0.1) is 5.82 Å². The molecular weight excluding hydrogens is 571 g/mol. The van der Waals surface area contributed by atoms with Crippen LogP contribution in [0.25, 0.3) is 27.7 Å². The Hall–Kier alpha value is -4.00. The van der Waals surface area contributed by atoms with E-state index in [2.05, 4.69) is 4.98 Å². The number of nitrogens with zero attached hydrogens (tertiary/aromatic N) is 4. The minimum Gasteiger partial charge on any atom is -0.446 e. The summed E-state index contributed by atoms with van der Waals surface area (Å²) >= 11 is 3.64. The number of primary amides is 1. The van der Waals surface area contributed by atoms with E-state index < -0.39 is 23.2 Å². The maximum absolute atomic E-state index is 15.7. The molecule has 4 aromatic rings. The normalized spacial score (nSPS) is 16.0. The van der Waals surface area contributed by atoms with Gasteiger partial charge in [0.2, 0.25) is 0 Å². The van der Waals surface area contributed by atoms with Crippen molar-refractivity contribution in [2.75, 3.05) is 10.0 Å². The largest absolute Gasteiger partial charge is 0.446 e. The van der Waals surface area contributed by atoms with Gasteiger partial charge in [0.25, 0.3) is 11.3 Å². The first-order valence-corrected chi connectivity index (χ1v) is 14.3. The number of hydrogen-bond acceptors (Lipinski definition) is 6. The van der Waals surface area contributed by atoms with Crippen LogP contribution in [0.5, 0.6) is 0 Å². The number of hydrogen-bond donors (Lipinski definition) is 3. The molecular formula is C28H28ClFN6O4S. The quantitative estimate of drug-likeness (QED) is 0.209. The Kier molecular flexibility index (Phi) is 7.98. The Bertz CT molecular complexity index is 1710. The molecule has 2 atom stereocenters. The molecule has 2 aromatic heterocycles. The SMILES string of the molecule is CC(C)n1nc(-c2ccc(N(c3ccccc3Cl)S(=O)O)c(F)c2)c2c(N)ncc(C3=CCC(OC(N)=O)CC3)c21. The Labute approximate surface area is 243 Å². The number of allylic oxidation sites excluding steroid dienone is 1. The summed E-state index contributed by atoms with van der Waals surface area (Å²) in [6, 6.07) is 10.6. The summed E-state index contributed by atoms with van der Waals surface area (Å²) in [5.41, 5.74) is 15.0. The van der Waals surface area contributed by atoms with Gasteiger partial charge in [0, 0.05) is 29.8 Å². The van der Waals surface area contributed by atoms with Gasteiger partial charge in [0.15, 0.2) is 0 Å². The van der Waals surface area contributed by atoms with E-state index in [1.807, 2.05) is 24.6 Å². The Morgan fingerprint density at radius 2 is 2.02 bits per heavy atom. The fourth-order valence-corrected chi connectivity index (χ4v) is 5.98. The van der Waals surface area contributed by atoms with E-state index in [-0.39, 0.29) is 34.4 Å². The van der Waals surface area contributed by atoms with Crippen molar-refractivity contribution in [1.82, 2.24) is 14.8 Å². The van der Waals surface area contributed by atoms with Crippen LogP contribution in [0.4, 0.5) is 26.4 Å². The number of amides is 1. The van der Waals surface area contributed by atoms with Crippen molar-refractivity contribution in [3.63, 3.8) is 0 Å². The zero-order valence-electron chi connectivity index (χ0n) is 22.3. The number of carbonyl (C=O) groups is 1. The predicted octanol–water partition coefficient (Wildman–Crippen LogP) is 6.36. The van der Waals surface area contributed by atoms with Crippen molar-refractivity contribution < 1.29 is 22.7 Å². The number of nitrogen functional groups attached to an aromatic ring is 1. The van der Waals surface area contributed by atoms with Crippen molar-refractivity contribution in [2.45, 2.75) is 45.3 Å². The smallest absolute Gasteiger partial charge is 0.404 e. The minimum atomic E-state index is -2.60. The molecule has 1 aliphatic carbocycles.